The van der Waals surface area contributed by atoms with Gasteiger partial charge in [-0.25, -0.2) is 4.52 Å². The first-order chi connectivity index (χ1) is 14.8. The van der Waals surface area contributed by atoms with Gasteiger partial charge >= 0.3 is 6.18 Å². The Morgan fingerprint density at radius 3 is 2.47 bits per heavy atom. The van der Waals surface area contributed by atoms with Gasteiger partial charge in [-0.3, -0.25) is 9.18 Å². The van der Waals surface area contributed by atoms with E-state index >= 15 is 0 Å². The van der Waals surface area contributed by atoms with Crippen molar-refractivity contribution in [1.82, 2.24) is 14.5 Å². The summed E-state index contributed by atoms with van der Waals surface area (Å²) in [5.74, 6) is 0.240. The van der Waals surface area contributed by atoms with E-state index < -0.39 is 18.6 Å². The Hall–Kier alpha value is -3.30. The summed E-state index contributed by atoms with van der Waals surface area (Å²) in [7, 11) is 3.47. The Balaban J connectivity index is 0.00000118. The molecule has 32 heavy (non-hydrogen) atoms. The molecule has 0 saturated heterocycles. The molecule has 0 radical (unpaired) electrons. The molecule has 0 spiro atoms. The number of carbonyl (C=O) groups excluding carboxylic acids is 1. The molecule has 0 N–H and O–H groups in total. The van der Waals surface area contributed by atoms with Crippen LogP contribution in [0.25, 0.3) is 16.6 Å². The maximum atomic E-state index is 12.8. The molecule has 1 amide bonds. The average Bonchev–Trinajstić information content (AvgIpc) is 3.18. The molecule has 10 heteroatoms. The molecule has 3 aromatic rings. The number of aromatic nitrogens is 2. The Labute approximate surface area is 183 Å². The summed E-state index contributed by atoms with van der Waals surface area (Å²) in [5.41, 5.74) is 3.27. The first-order valence-electron chi connectivity index (χ1n) is 9.27. The van der Waals surface area contributed by atoms with Gasteiger partial charge in [-0.05, 0) is 41.8 Å². The van der Waals surface area contributed by atoms with E-state index in [0.717, 1.165) is 21.5 Å². The lowest BCUT2D eigenvalue weighted by Gasteiger charge is -2.30. The molecular weight excluding hydrogens is 430 g/mol. The maximum absolute atomic E-state index is 12.8. The summed E-state index contributed by atoms with van der Waals surface area (Å²) < 4.78 is 60.1. The van der Waals surface area contributed by atoms with Crippen LogP contribution >= 0.6 is 0 Å². The number of amides is 1. The van der Waals surface area contributed by atoms with E-state index in [-0.39, 0.29) is 25.3 Å². The van der Waals surface area contributed by atoms with Crippen molar-refractivity contribution in [3.63, 3.8) is 0 Å². The van der Waals surface area contributed by atoms with Crippen LogP contribution in [0.1, 0.15) is 23.3 Å². The Bertz CT molecular complexity index is 1080. The fraction of sp³-hybridized carbons (Fsp3) is 0.364. The second-order valence-electron chi connectivity index (χ2n) is 6.76. The number of ether oxygens (including phenoxy) is 2. The number of carbonyl (C=O) groups is 1. The number of hydrogen-bond donors (Lipinski definition) is 0. The van der Waals surface area contributed by atoms with Crippen molar-refractivity contribution < 1.29 is 31.8 Å². The van der Waals surface area contributed by atoms with Crippen LogP contribution in [0.4, 0.5) is 17.6 Å². The summed E-state index contributed by atoms with van der Waals surface area (Å²) in [4.78, 5) is 13.5. The molecule has 1 aromatic carbocycles. The zero-order valence-corrected chi connectivity index (χ0v) is 17.2. The molecule has 3 heterocycles. The summed E-state index contributed by atoms with van der Waals surface area (Å²) in [6.45, 7) is -1.27. The van der Waals surface area contributed by atoms with Crippen molar-refractivity contribution in [2.45, 2.75) is 20.0 Å². The molecule has 0 aliphatic carbocycles. The summed E-state index contributed by atoms with van der Waals surface area (Å²) in [5, 5.41) is 4.33. The number of fused-ring (bicyclic) bond motifs is 2. The lowest BCUT2D eigenvalue weighted by molar-refractivity contribution is -0.141. The highest BCUT2D eigenvalue weighted by molar-refractivity contribution is 6.00. The molecule has 0 fully saturated rings. The lowest BCUT2D eigenvalue weighted by Crippen LogP contribution is -2.43. The van der Waals surface area contributed by atoms with Gasteiger partial charge in [0.15, 0.2) is 0 Å². The van der Waals surface area contributed by atoms with Gasteiger partial charge in [0.25, 0.3) is 5.91 Å². The fourth-order valence-corrected chi connectivity index (χ4v) is 3.62. The molecule has 1 aliphatic rings. The van der Waals surface area contributed by atoms with Crippen LogP contribution in [-0.2, 0) is 6.42 Å². The van der Waals surface area contributed by atoms with Crippen molar-refractivity contribution in [2.75, 3.05) is 34.5 Å². The summed E-state index contributed by atoms with van der Waals surface area (Å²) in [6, 6.07) is 7.16. The van der Waals surface area contributed by atoms with Crippen molar-refractivity contribution in [2.24, 2.45) is 0 Å². The second kappa shape index (κ2) is 9.88. The Kier molecular flexibility index (Phi) is 7.71. The van der Waals surface area contributed by atoms with Gasteiger partial charge in [0.2, 0.25) is 0 Å². The molecular formula is C22H25F4N3O3. The number of nitrogens with zero attached hydrogens (tertiary/aromatic N) is 3. The highest BCUT2D eigenvalue weighted by atomic mass is 19.4. The van der Waals surface area contributed by atoms with Crippen molar-refractivity contribution >= 4 is 11.4 Å². The zero-order chi connectivity index (χ0) is 22.8. The van der Waals surface area contributed by atoms with Gasteiger partial charge in [0.1, 0.15) is 18.0 Å². The van der Waals surface area contributed by atoms with Crippen LogP contribution in [0.5, 0.6) is 11.5 Å². The van der Waals surface area contributed by atoms with Gasteiger partial charge in [0.05, 0.1) is 44.9 Å². The third kappa shape index (κ3) is 4.79. The molecule has 0 atom stereocenters. The van der Waals surface area contributed by atoms with Crippen LogP contribution in [0.2, 0.25) is 0 Å². The van der Waals surface area contributed by atoms with Crippen LogP contribution in [0.3, 0.4) is 0 Å². The lowest BCUT2D eigenvalue weighted by atomic mass is 9.93. The van der Waals surface area contributed by atoms with Crippen molar-refractivity contribution in [1.29, 1.82) is 0 Å². The van der Waals surface area contributed by atoms with Crippen LogP contribution in [-0.4, -0.2) is 61.1 Å². The molecule has 0 bridgehead atoms. The van der Waals surface area contributed by atoms with Crippen molar-refractivity contribution in [3.8, 4) is 22.6 Å². The van der Waals surface area contributed by atoms with E-state index in [1.54, 1.807) is 30.1 Å². The number of hydrogen-bond acceptors (Lipinski definition) is 4. The molecule has 1 aliphatic heterocycles. The van der Waals surface area contributed by atoms with Gasteiger partial charge < -0.3 is 14.4 Å². The fourth-order valence-electron chi connectivity index (χ4n) is 3.62. The van der Waals surface area contributed by atoms with Gasteiger partial charge in [-0.1, -0.05) is 7.43 Å². The van der Waals surface area contributed by atoms with Crippen molar-refractivity contribution in [3.05, 3.63) is 47.8 Å². The topological polar surface area (TPSA) is 56.1 Å². The number of pyridine rings is 1. The SMILES string of the molecule is C.CF.COc1ccc2c(-c3cc4c(c(OC)c3)C(=O)N(CC(F)(F)F)CC4)cnn2c1. The third-order valence-electron chi connectivity index (χ3n) is 4.96. The first-order valence-corrected chi connectivity index (χ1v) is 9.27. The van der Waals surface area contributed by atoms with E-state index in [4.69, 9.17) is 9.47 Å². The zero-order valence-electron chi connectivity index (χ0n) is 17.2. The van der Waals surface area contributed by atoms with Crippen LogP contribution in [0.15, 0.2) is 36.7 Å². The molecule has 0 unspecified atom stereocenters. The number of halogens is 4. The minimum Gasteiger partial charge on any atom is -0.496 e. The Morgan fingerprint density at radius 2 is 1.84 bits per heavy atom. The van der Waals surface area contributed by atoms with E-state index in [2.05, 4.69) is 5.10 Å². The van der Waals surface area contributed by atoms with E-state index in [1.807, 2.05) is 18.2 Å². The van der Waals surface area contributed by atoms with E-state index in [1.165, 1.54) is 7.11 Å². The number of methoxy groups -OCH3 is 2. The quantitative estimate of drug-likeness (QED) is 0.531. The minimum absolute atomic E-state index is 0. The van der Waals surface area contributed by atoms with E-state index in [0.29, 0.717) is 24.9 Å². The predicted molar refractivity (Wildman–Crippen MR) is 113 cm³/mol. The number of alkyl halides is 4. The van der Waals surface area contributed by atoms with Crippen LogP contribution in [0, 0.1) is 0 Å². The molecule has 6 nitrogen and oxygen atoms in total. The largest absolute Gasteiger partial charge is 0.496 e. The molecule has 2 aromatic heterocycles. The minimum atomic E-state index is -4.45. The third-order valence-corrected chi connectivity index (χ3v) is 4.96. The normalized spacial score (nSPS) is 13.1. The first kappa shape index (κ1) is 25.0. The highest BCUT2D eigenvalue weighted by Crippen LogP contribution is 2.36. The Morgan fingerprint density at radius 1 is 1.12 bits per heavy atom. The monoisotopic (exact) mass is 455 g/mol. The maximum Gasteiger partial charge on any atom is 0.406 e. The number of benzene rings is 1. The molecule has 4 rings (SSSR count). The summed E-state index contributed by atoms with van der Waals surface area (Å²) >= 11 is 0. The smallest absolute Gasteiger partial charge is 0.406 e. The van der Waals surface area contributed by atoms with Gasteiger partial charge in [-0.15, -0.1) is 0 Å². The average molecular weight is 455 g/mol. The predicted octanol–water partition coefficient (Wildman–Crippen LogP) is 4.80. The highest BCUT2D eigenvalue weighted by Gasteiger charge is 2.37. The standard InChI is InChI=1S/C20H18F3N3O3.CH3F.CH4/c1-28-14-3-4-16-15(9-24-26(16)10-14)13-7-12-5-6-25(11-20(21,22)23)19(27)18(12)17(8-13)29-2;1-2;/h3-4,7-10H,5-6,11H2,1-2H3;1H3;1H4. The molecule has 0 saturated carbocycles. The van der Waals surface area contributed by atoms with Gasteiger partial charge in [0, 0.05) is 12.1 Å². The second-order valence-corrected chi connectivity index (χ2v) is 6.76. The van der Waals surface area contributed by atoms with Crippen LogP contribution < -0.4 is 9.47 Å². The number of rotatable bonds is 4. The van der Waals surface area contributed by atoms with Gasteiger partial charge in [-0.2, -0.15) is 18.3 Å². The molecule has 174 valence electrons. The summed E-state index contributed by atoms with van der Waals surface area (Å²) in [6.07, 6.45) is -0.698. The van der Waals surface area contributed by atoms with E-state index in [9.17, 15) is 22.4 Å².